The van der Waals surface area contributed by atoms with Crippen molar-refractivity contribution in [1.82, 2.24) is 14.4 Å². The van der Waals surface area contributed by atoms with Gasteiger partial charge in [-0.2, -0.15) is 0 Å². The normalized spacial score (nSPS) is 20.9. The summed E-state index contributed by atoms with van der Waals surface area (Å²) < 4.78 is 7.63. The number of nitro groups is 1. The molecular formula is C34H39ClN4O5. The number of nitrogens with zero attached hydrogens (tertiary/aromatic N) is 3. The summed E-state index contributed by atoms with van der Waals surface area (Å²) in [7, 11) is 0. The van der Waals surface area contributed by atoms with Gasteiger partial charge >= 0.3 is 11.7 Å². The Hall–Kier alpha value is -3.98. The highest BCUT2D eigenvalue weighted by molar-refractivity contribution is 6.32. The maximum absolute atomic E-state index is 14.2. The fraction of sp³-hybridized carbons (Fsp3) is 0.441. The average molecular weight is 619 g/mol. The van der Waals surface area contributed by atoms with Gasteiger partial charge < -0.3 is 4.74 Å². The van der Waals surface area contributed by atoms with Crippen LogP contribution in [0.1, 0.15) is 71.7 Å². The quantitative estimate of drug-likeness (QED) is 0.137. The molecule has 0 bridgehead atoms. The predicted octanol–water partition coefficient (Wildman–Crippen LogP) is 8.20. The van der Waals surface area contributed by atoms with Crippen LogP contribution < -0.4 is 5.69 Å². The number of carbonyl (C=O) groups is 1. The summed E-state index contributed by atoms with van der Waals surface area (Å²) in [4.78, 5) is 45.9. The summed E-state index contributed by atoms with van der Waals surface area (Å²) in [6.07, 6.45) is 2.75. The van der Waals surface area contributed by atoms with Gasteiger partial charge in [0.05, 0.1) is 4.92 Å². The van der Waals surface area contributed by atoms with E-state index >= 15 is 0 Å². The summed E-state index contributed by atoms with van der Waals surface area (Å²) in [6, 6.07) is 13.5. The summed E-state index contributed by atoms with van der Waals surface area (Å²) in [6.45, 7) is 15.8. The van der Waals surface area contributed by atoms with Crippen molar-refractivity contribution < 1.29 is 14.5 Å². The van der Waals surface area contributed by atoms with Crippen molar-refractivity contribution in [2.75, 3.05) is 0 Å². The van der Waals surface area contributed by atoms with Crippen LogP contribution in [0.2, 0.25) is 5.02 Å². The Morgan fingerprint density at radius 3 is 2.20 bits per heavy atom. The molecule has 0 amide bonds. The molecule has 1 aliphatic carbocycles. The van der Waals surface area contributed by atoms with Gasteiger partial charge in [-0.05, 0) is 59.1 Å². The first-order valence-corrected chi connectivity index (χ1v) is 15.3. The van der Waals surface area contributed by atoms with E-state index in [-0.39, 0.29) is 50.2 Å². The minimum absolute atomic E-state index is 0.0248. The lowest BCUT2D eigenvalue weighted by atomic mass is 9.57. The predicted molar refractivity (Wildman–Crippen MR) is 172 cm³/mol. The van der Waals surface area contributed by atoms with E-state index in [0.29, 0.717) is 23.3 Å². The van der Waals surface area contributed by atoms with Crippen LogP contribution in [0.3, 0.4) is 0 Å². The molecule has 232 valence electrons. The average Bonchev–Trinajstić information content (AvgIpc) is 3.33. The molecule has 1 saturated carbocycles. The monoisotopic (exact) mass is 618 g/mol. The zero-order valence-corrected chi connectivity index (χ0v) is 26.9. The summed E-state index contributed by atoms with van der Waals surface area (Å²) in [5, 5.41) is 11.5. The van der Waals surface area contributed by atoms with Gasteiger partial charge in [-0.15, -0.1) is 0 Å². The van der Waals surface area contributed by atoms with Gasteiger partial charge in [0.15, 0.2) is 5.65 Å². The lowest BCUT2D eigenvalue weighted by Crippen LogP contribution is -2.45. The minimum atomic E-state index is -0.600. The second kappa shape index (κ2) is 11.5. The van der Waals surface area contributed by atoms with Gasteiger partial charge in [0, 0.05) is 23.4 Å². The van der Waals surface area contributed by atoms with Gasteiger partial charge in [-0.3, -0.25) is 19.5 Å². The van der Waals surface area contributed by atoms with Crippen molar-refractivity contribution in [3.63, 3.8) is 0 Å². The van der Waals surface area contributed by atoms with Crippen LogP contribution in [0.5, 0.6) is 0 Å². The van der Waals surface area contributed by atoms with Crippen molar-refractivity contribution in [2.45, 2.75) is 67.4 Å². The third kappa shape index (κ3) is 6.02. The molecule has 0 aliphatic heterocycles. The molecule has 1 N–H and O–H groups in total. The molecule has 1 aliphatic rings. The van der Waals surface area contributed by atoms with Crippen molar-refractivity contribution >= 4 is 28.9 Å². The molecular weight excluding hydrogens is 580 g/mol. The van der Waals surface area contributed by atoms with Crippen molar-refractivity contribution in [2.24, 2.45) is 28.6 Å². The molecule has 2 aromatic carbocycles. The molecule has 2 aromatic heterocycles. The summed E-state index contributed by atoms with van der Waals surface area (Å²) in [5.41, 5.74) is 0.978. The van der Waals surface area contributed by atoms with E-state index in [0.717, 1.165) is 18.4 Å². The first-order chi connectivity index (χ1) is 20.6. The number of esters is 1. The molecule has 0 saturated heterocycles. The molecule has 44 heavy (non-hydrogen) atoms. The maximum Gasteiger partial charge on any atom is 0.342 e. The number of rotatable bonds is 5. The lowest BCUT2D eigenvalue weighted by molar-refractivity contribution is -0.384. The summed E-state index contributed by atoms with van der Waals surface area (Å²) >= 11 is 6.02. The largest absolute Gasteiger partial charge is 0.459 e. The Bertz CT molecular complexity index is 1760. The third-order valence-corrected chi connectivity index (χ3v) is 9.47. The number of nitro benzene ring substituents is 1. The van der Waals surface area contributed by atoms with Crippen molar-refractivity contribution in [3.05, 3.63) is 85.9 Å². The number of benzene rings is 2. The fourth-order valence-electron chi connectivity index (χ4n) is 6.99. The van der Waals surface area contributed by atoms with Crippen LogP contribution in [0.4, 0.5) is 5.69 Å². The third-order valence-electron chi connectivity index (χ3n) is 9.15. The van der Waals surface area contributed by atoms with Gasteiger partial charge in [0.1, 0.15) is 22.5 Å². The molecule has 0 radical (unpaired) electrons. The highest BCUT2D eigenvalue weighted by Gasteiger charge is 2.46. The fourth-order valence-corrected chi connectivity index (χ4v) is 7.18. The molecule has 2 unspecified atom stereocenters. The number of hydrogen-bond donors (Lipinski definition) is 1. The number of hydrogen-bond acceptors (Lipinski definition) is 6. The molecule has 1 fully saturated rings. The molecule has 10 heteroatoms. The lowest BCUT2D eigenvalue weighted by Gasteiger charge is -2.50. The van der Waals surface area contributed by atoms with Gasteiger partial charge in [0.25, 0.3) is 5.69 Å². The Morgan fingerprint density at radius 1 is 1.02 bits per heavy atom. The smallest absolute Gasteiger partial charge is 0.342 e. The number of H-pyrrole nitrogens is 1. The van der Waals surface area contributed by atoms with Crippen molar-refractivity contribution in [1.29, 1.82) is 0 Å². The van der Waals surface area contributed by atoms with E-state index in [2.05, 4.69) is 58.4 Å². The molecule has 0 spiro atoms. The van der Waals surface area contributed by atoms with E-state index in [1.54, 1.807) is 6.20 Å². The number of fused-ring (bicyclic) bond motifs is 1. The molecule has 5 rings (SSSR count). The van der Waals surface area contributed by atoms with Crippen LogP contribution in [-0.2, 0) is 4.74 Å². The first kappa shape index (κ1) is 31.4. The van der Waals surface area contributed by atoms with Crippen molar-refractivity contribution in [3.8, 4) is 22.5 Å². The number of aromatic nitrogens is 3. The number of aromatic amines is 1. The Balaban J connectivity index is 1.63. The molecule has 2 atom stereocenters. The zero-order chi connectivity index (χ0) is 32.1. The number of nitrogens with one attached hydrogen (secondary N) is 1. The van der Waals surface area contributed by atoms with Crippen LogP contribution in [0.15, 0.2) is 59.5 Å². The van der Waals surface area contributed by atoms with Gasteiger partial charge in [-0.25, -0.2) is 14.6 Å². The number of ether oxygens (including phenoxy) is 1. The van der Waals surface area contributed by atoms with Crippen LogP contribution in [-0.4, -0.2) is 31.4 Å². The second-order valence-electron chi connectivity index (χ2n) is 14.1. The van der Waals surface area contributed by atoms with Crippen LogP contribution >= 0.6 is 11.6 Å². The standard InChI is InChI=1S/C34H39ClN4O5/c1-19-24(33(2,3)4)16-22(17-25(19)34(5,6)7)44-31(40)28-23(20-11-9-8-10-12-20)18-38-30(28)36-29(37-32(38)41)21-13-14-26(35)27(15-21)39(42)43/h8-15,18-19,22,24-25H,16-17H2,1-7H3,(H,36,37,41). The Morgan fingerprint density at radius 2 is 1.64 bits per heavy atom. The molecule has 2 heterocycles. The van der Waals surface area contributed by atoms with E-state index in [9.17, 15) is 19.7 Å². The second-order valence-corrected chi connectivity index (χ2v) is 14.5. The molecule has 9 nitrogen and oxygen atoms in total. The maximum atomic E-state index is 14.2. The zero-order valence-electron chi connectivity index (χ0n) is 26.2. The highest BCUT2D eigenvalue weighted by atomic mass is 35.5. The van der Waals surface area contributed by atoms with Crippen LogP contribution in [0.25, 0.3) is 28.2 Å². The number of halogens is 1. The Kier molecular flexibility index (Phi) is 8.22. The van der Waals surface area contributed by atoms with Gasteiger partial charge in [-0.1, -0.05) is 90.4 Å². The van der Waals surface area contributed by atoms with Gasteiger partial charge in [0.2, 0.25) is 0 Å². The topological polar surface area (TPSA) is 120 Å². The summed E-state index contributed by atoms with van der Waals surface area (Å²) in [5.74, 6) is 0.640. The number of carbonyl (C=O) groups excluding carboxylic acids is 1. The van der Waals surface area contributed by atoms with E-state index in [1.165, 1.54) is 22.6 Å². The first-order valence-electron chi connectivity index (χ1n) is 14.9. The minimum Gasteiger partial charge on any atom is -0.459 e. The SMILES string of the molecule is CC1C(C(C)(C)C)CC(OC(=O)c2c(-c3ccccc3)cn3c(=O)[nH]c(-c4ccc(Cl)c([N+](=O)[O-])c4)nc23)CC1C(C)(C)C. The van der Waals surface area contributed by atoms with E-state index in [4.69, 9.17) is 16.3 Å². The molecule has 4 aromatic rings. The van der Waals surface area contributed by atoms with E-state index in [1.807, 2.05) is 30.3 Å². The van der Waals surface area contributed by atoms with E-state index < -0.39 is 16.6 Å². The Labute approximate surface area is 261 Å². The highest BCUT2D eigenvalue weighted by Crippen LogP contribution is 2.50. The van der Waals surface area contributed by atoms with Crippen LogP contribution in [0, 0.1) is 38.7 Å².